The first-order valence-corrected chi connectivity index (χ1v) is 7.94. The number of anilines is 1. The van der Waals surface area contributed by atoms with Crippen LogP contribution in [0, 0.1) is 5.92 Å². The molecule has 0 spiro atoms. The van der Waals surface area contributed by atoms with Gasteiger partial charge in [-0.25, -0.2) is 0 Å². The number of fused-ring (bicyclic) bond motifs is 1. The summed E-state index contributed by atoms with van der Waals surface area (Å²) in [7, 11) is 0. The van der Waals surface area contributed by atoms with E-state index in [1.165, 1.54) is 0 Å². The minimum Gasteiger partial charge on any atom is -0.506 e. The Morgan fingerprint density at radius 1 is 1.48 bits per heavy atom. The third kappa shape index (κ3) is 2.77. The smallest absolute Gasteiger partial charge is 0.230 e. The standard InChI is InChI=1S/C17H23NO3/c1-2-14-11-13(8-10-21-14)17(20)18-9-4-6-12-5-3-7-15(19)16(12)18/h3,5,7,13-14,19H,2,4,6,8-11H2,1H3/t13-,14+/m1/s1. The number of ether oxygens (including phenoxy) is 1. The highest BCUT2D eigenvalue weighted by Crippen LogP contribution is 2.37. The summed E-state index contributed by atoms with van der Waals surface area (Å²) in [4.78, 5) is 14.7. The highest BCUT2D eigenvalue weighted by Gasteiger charge is 2.33. The molecule has 0 radical (unpaired) electrons. The first-order chi connectivity index (χ1) is 10.2. The summed E-state index contributed by atoms with van der Waals surface area (Å²) < 4.78 is 5.67. The van der Waals surface area contributed by atoms with Gasteiger partial charge < -0.3 is 14.7 Å². The Balaban J connectivity index is 1.83. The van der Waals surface area contributed by atoms with E-state index >= 15 is 0 Å². The number of rotatable bonds is 2. The lowest BCUT2D eigenvalue weighted by Crippen LogP contribution is -2.42. The van der Waals surface area contributed by atoms with Crippen LogP contribution in [0.1, 0.15) is 38.2 Å². The second-order valence-corrected chi connectivity index (χ2v) is 6.00. The molecule has 1 amide bonds. The number of nitrogens with zero attached hydrogens (tertiary/aromatic N) is 1. The number of para-hydroxylation sites is 1. The van der Waals surface area contributed by atoms with Crippen molar-refractivity contribution in [2.24, 2.45) is 5.92 Å². The van der Waals surface area contributed by atoms with Crippen molar-refractivity contribution in [2.75, 3.05) is 18.1 Å². The molecule has 0 aromatic heterocycles. The molecule has 2 aliphatic heterocycles. The lowest BCUT2D eigenvalue weighted by molar-refractivity contribution is -0.127. The molecule has 2 heterocycles. The molecule has 0 bridgehead atoms. The number of hydrogen-bond donors (Lipinski definition) is 1. The third-order valence-electron chi connectivity index (χ3n) is 4.63. The Labute approximate surface area is 125 Å². The summed E-state index contributed by atoms with van der Waals surface area (Å²) in [5.41, 5.74) is 1.81. The summed E-state index contributed by atoms with van der Waals surface area (Å²) >= 11 is 0. The van der Waals surface area contributed by atoms with Gasteiger partial charge in [0.15, 0.2) is 0 Å². The number of carbonyl (C=O) groups is 1. The van der Waals surface area contributed by atoms with Gasteiger partial charge in [-0.3, -0.25) is 4.79 Å². The predicted octanol–water partition coefficient (Wildman–Crippen LogP) is 2.88. The van der Waals surface area contributed by atoms with Crippen molar-refractivity contribution in [1.29, 1.82) is 0 Å². The fourth-order valence-corrected chi connectivity index (χ4v) is 3.46. The van der Waals surface area contributed by atoms with Crippen LogP contribution in [-0.4, -0.2) is 30.3 Å². The maximum absolute atomic E-state index is 12.9. The van der Waals surface area contributed by atoms with Crippen LogP contribution in [0.15, 0.2) is 18.2 Å². The van der Waals surface area contributed by atoms with Gasteiger partial charge in [0.2, 0.25) is 5.91 Å². The number of benzene rings is 1. The van der Waals surface area contributed by atoms with E-state index in [1.54, 1.807) is 11.0 Å². The fourth-order valence-electron chi connectivity index (χ4n) is 3.46. The van der Waals surface area contributed by atoms with Crippen LogP contribution in [0.3, 0.4) is 0 Å². The molecule has 0 saturated carbocycles. The molecule has 4 nitrogen and oxygen atoms in total. The lowest BCUT2D eigenvalue weighted by atomic mass is 9.91. The van der Waals surface area contributed by atoms with Crippen molar-refractivity contribution in [3.05, 3.63) is 23.8 Å². The molecule has 1 saturated heterocycles. The minimum absolute atomic E-state index is 0.0225. The van der Waals surface area contributed by atoms with Crippen molar-refractivity contribution in [3.8, 4) is 5.75 Å². The molecule has 0 unspecified atom stereocenters. The molecule has 3 rings (SSSR count). The normalized spacial score (nSPS) is 25.5. The maximum atomic E-state index is 12.9. The Morgan fingerprint density at radius 3 is 3.14 bits per heavy atom. The lowest BCUT2D eigenvalue weighted by Gasteiger charge is -2.35. The zero-order chi connectivity index (χ0) is 14.8. The fraction of sp³-hybridized carbons (Fsp3) is 0.588. The second-order valence-electron chi connectivity index (χ2n) is 6.00. The summed E-state index contributed by atoms with van der Waals surface area (Å²) in [5.74, 6) is 0.396. The first-order valence-electron chi connectivity index (χ1n) is 7.94. The Bertz CT molecular complexity index is 529. The molecule has 1 N–H and O–H groups in total. The van der Waals surface area contributed by atoms with Crippen molar-refractivity contribution < 1.29 is 14.6 Å². The SMILES string of the molecule is CC[C@H]1C[C@H](C(=O)N2CCCc3cccc(O)c32)CCO1. The van der Waals surface area contributed by atoms with Crippen LogP contribution in [0.2, 0.25) is 0 Å². The third-order valence-corrected chi connectivity index (χ3v) is 4.63. The monoisotopic (exact) mass is 289 g/mol. The van der Waals surface area contributed by atoms with Gasteiger partial charge >= 0.3 is 0 Å². The molecule has 4 heteroatoms. The van der Waals surface area contributed by atoms with Gasteiger partial charge in [-0.15, -0.1) is 0 Å². The maximum Gasteiger partial charge on any atom is 0.230 e. The average molecular weight is 289 g/mol. The van der Waals surface area contributed by atoms with Gasteiger partial charge in [0.1, 0.15) is 5.75 Å². The van der Waals surface area contributed by atoms with E-state index in [1.807, 2.05) is 12.1 Å². The number of carbonyl (C=O) groups excluding carboxylic acids is 1. The van der Waals surface area contributed by atoms with Gasteiger partial charge in [0.05, 0.1) is 11.8 Å². The van der Waals surface area contributed by atoms with Gasteiger partial charge in [-0.1, -0.05) is 19.1 Å². The molecule has 2 aliphatic rings. The summed E-state index contributed by atoms with van der Waals surface area (Å²) in [6.07, 6.45) is 4.62. The van der Waals surface area contributed by atoms with E-state index in [-0.39, 0.29) is 23.7 Å². The molecule has 1 aromatic rings. The largest absolute Gasteiger partial charge is 0.506 e. The van der Waals surface area contributed by atoms with Crippen LogP contribution >= 0.6 is 0 Å². The molecule has 21 heavy (non-hydrogen) atoms. The van der Waals surface area contributed by atoms with E-state index in [4.69, 9.17) is 4.74 Å². The second kappa shape index (κ2) is 6.06. The van der Waals surface area contributed by atoms with Crippen LogP contribution < -0.4 is 4.90 Å². The number of aryl methyl sites for hydroxylation is 1. The summed E-state index contributed by atoms with van der Waals surface area (Å²) in [6.45, 7) is 3.47. The molecular formula is C17H23NO3. The molecule has 2 atom stereocenters. The van der Waals surface area contributed by atoms with Crippen molar-refractivity contribution >= 4 is 11.6 Å². The Morgan fingerprint density at radius 2 is 2.33 bits per heavy atom. The number of phenols is 1. The van der Waals surface area contributed by atoms with Gasteiger partial charge in [0, 0.05) is 19.1 Å². The minimum atomic E-state index is 0.0225. The summed E-state index contributed by atoms with van der Waals surface area (Å²) in [5, 5.41) is 10.2. The van der Waals surface area contributed by atoms with E-state index in [2.05, 4.69) is 6.92 Å². The highest BCUT2D eigenvalue weighted by molar-refractivity contribution is 5.97. The quantitative estimate of drug-likeness (QED) is 0.910. The average Bonchev–Trinajstić information content (AvgIpc) is 2.54. The zero-order valence-corrected chi connectivity index (χ0v) is 12.5. The van der Waals surface area contributed by atoms with E-state index in [9.17, 15) is 9.90 Å². The van der Waals surface area contributed by atoms with Crippen molar-refractivity contribution in [1.82, 2.24) is 0 Å². The molecular weight excluding hydrogens is 266 g/mol. The number of hydrogen-bond acceptors (Lipinski definition) is 3. The van der Waals surface area contributed by atoms with Crippen molar-refractivity contribution in [3.63, 3.8) is 0 Å². The van der Waals surface area contributed by atoms with Crippen LogP contribution in [0.5, 0.6) is 5.75 Å². The van der Waals surface area contributed by atoms with Crippen LogP contribution in [0.25, 0.3) is 0 Å². The van der Waals surface area contributed by atoms with Gasteiger partial charge in [-0.2, -0.15) is 0 Å². The molecule has 1 fully saturated rings. The number of aromatic hydroxyl groups is 1. The predicted molar refractivity (Wildman–Crippen MR) is 81.5 cm³/mol. The van der Waals surface area contributed by atoms with Gasteiger partial charge in [-0.05, 0) is 43.7 Å². The molecule has 1 aromatic carbocycles. The van der Waals surface area contributed by atoms with E-state index in [0.29, 0.717) is 13.2 Å². The molecule has 114 valence electrons. The molecule has 0 aliphatic carbocycles. The Hall–Kier alpha value is -1.55. The van der Waals surface area contributed by atoms with Crippen LogP contribution in [0.4, 0.5) is 5.69 Å². The van der Waals surface area contributed by atoms with Gasteiger partial charge in [0.25, 0.3) is 0 Å². The topological polar surface area (TPSA) is 49.8 Å². The van der Waals surface area contributed by atoms with E-state index in [0.717, 1.165) is 43.4 Å². The highest BCUT2D eigenvalue weighted by atomic mass is 16.5. The summed E-state index contributed by atoms with van der Waals surface area (Å²) in [6, 6.07) is 5.53. The Kier molecular flexibility index (Phi) is 4.15. The van der Waals surface area contributed by atoms with E-state index < -0.39 is 0 Å². The van der Waals surface area contributed by atoms with Crippen LogP contribution in [-0.2, 0) is 16.0 Å². The zero-order valence-electron chi connectivity index (χ0n) is 12.5. The number of amides is 1. The van der Waals surface area contributed by atoms with Crippen molar-refractivity contribution in [2.45, 2.75) is 45.1 Å². The first kappa shape index (κ1) is 14.4. The number of phenolic OH excluding ortho intramolecular Hbond substituents is 1.